The van der Waals surface area contributed by atoms with Crippen LogP contribution in [0.1, 0.15) is 35.6 Å². The fraction of sp³-hybridized carbons (Fsp3) is 0.294. The summed E-state index contributed by atoms with van der Waals surface area (Å²) in [5.74, 6) is 0. The molecule has 1 unspecified atom stereocenters. The Bertz CT molecular complexity index is 592. The first-order valence-corrected chi connectivity index (χ1v) is 7.22. The summed E-state index contributed by atoms with van der Waals surface area (Å²) in [5.41, 5.74) is 5.12. The average Bonchev–Trinajstić information content (AvgIpc) is 2.42. The molecule has 1 N–H and O–H groups in total. The SMILES string of the molecule is Cc1ccc(NC2CCCc3ccccc32)c(Cl)c1. The lowest BCUT2D eigenvalue weighted by Crippen LogP contribution is -2.17. The first-order valence-electron chi connectivity index (χ1n) is 6.84. The maximum atomic E-state index is 6.31. The van der Waals surface area contributed by atoms with Gasteiger partial charge in [0.1, 0.15) is 0 Å². The summed E-state index contributed by atoms with van der Waals surface area (Å²) in [4.78, 5) is 0. The predicted octanol–water partition coefficient (Wildman–Crippen LogP) is 5.14. The highest BCUT2D eigenvalue weighted by Crippen LogP contribution is 2.34. The van der Waals surface area contributed by atoms with Crippen LogP contribution >= 0.6 is 11.6 Å². The molecule has 2 heteroatoms. The Morgan fingerprint density at radius 3 is 2.84 bits per heavy atom. The Kier molecular flexibility index (Phi) is 3.48. The van der Waals surface area contributed by atoms with Crippen LogP contribution in [0.25, 0.3) is 0 Å². The van der Waals surface area contributed by atoms with Gasteiger partial charge >= 0.3 is 0 Å². The number of rotatable bonds is 2. The number of benzene rings is 2. The lowest BCUT2D eigenvalue weighted by molar-refractivity contribution is 0.600. The Labute approximate surface area is 119 Å². The van der Waals surface area contributed by atoms with Crippen LogP contribution in [-0.4, -0.2) is 0 Å². The van der Waals surface area contributed by atoms with Crippen LogP contribution in [0.15, 0.2) is 42.5 Å². The van der Waals surface area contributed by atoms with Crippen molar-refractivity contribution in [1.29, 1.82) is 0 Å². The van der Waals surface area contributed by atoms with Gasteiger partial charge in [-0.25, -0.2) is 0 Å². The van der Waals surface area contributed by atoms with Crippen molar-refractivity contribution in [3.63, 3.8) is 0 Å². The minimum atomic E-state index is 0.380. The van der Waals surface area contributed by atoms with E-state index in [2.05, 4.69) is 48.6 Å². The lowest BCUT2D eigenvalue weighted by Gasteiger charge is -2.27. The van der Waals surface area contributed by atoms with Crippen molar-refractivity contribution in [2.75, 3.05) is 5.32 Å². The molecule has 1 aliphatic carbocycles. The van der Waals surface area contributed by atoms with Gasteiger partial charge in [-0.3, -0.25) is 0 Å². The molecule has 0 spiro atoms. The summed E-state index contributed by atoms with van der Waals surface area (Å²) >= 11 is 6.31. The number of nitrogens with one attached hydrogen (secondary N) is 1. The van der Waals surface area contributed by atoms with Gasteiger partial charge in [-0.2, -0.15) is 0 Å². The number of aryl methyl sites for hydroxylation is 2. The van der Waals surface area contributed by atoms with Crippen LogP contribution in [0, 0.1) is 6.92 Å². The van der Waals surface area contributed by atoms with E-state index in [1.807, 2.05) is 6.07 Å². The van der Waals surface area contributed by atoms with Crippen molar-refractivity contribution in [2.24, 2.45) is 0 Å². The monoisotopic (exact) mass is 271 g/mol. The predicted molar refractivity (Wildman–Crippen MR) is 81.9 cm³/mol. The molecule has 1 aliphatic rings. The topological polar surface area (TPSA) is 12.0 Å². The minimum Gasteiger partial charge on any atom is -0.377 e. The van der Waals surface area contributed by atoms with Gasteiger partial charge in [0.2, 0.25) is 0 Å². The van der Waals surface area contributed by atoms with E-state index in [4.69, 9.17) is 11.6 Å². The Morgan fingerprint density at radius 2 is 2.00 bits per heavy atom. The smallest absolute Gasteiger partial charge is 0.0640 e. The molecule has 0 amide bonds. The zero-order chi connectivity index (χ0) is 13.2. The Balaban J connectivity index is 1.88. The van der Waals surface area contributed by atoms with E-state index in [0.29, 0.717) is 6.04 Å². The lowest BCUT2D eigenvalue weighted by atomic mass is 9.87. The molecule has 0 aliphatic heterocycles. The van der Waals surface area contributed by atoms with Crippen LogP contribution in [0.2, 0.25) is 5.02 Å². The maximum absolute atomic E-state index is 6.31. The molecule has 1 atom stereocenters. The highest BCUT2D eigenvalue weighted by Gasteiger charge is 2.19. The van der Waals surface area contributed by atoms with Gasteiger partial charge in [-0.05, 0) is 55.0 Å². The standard InChI is InChI=1S/C17H18ClN/c1-12-9-10-17(15(18)11-12)19-16-8-4-6-13-5-2-3-7-14(13)16/h2-3,5,7,9-11,16,19H,4,6,8H2,1H3. The van der Waals surface area contributed by atoms with Gasteiger partial charge in [0, 0.05) is 0 Å². The molecule has 0 saturated carbocycles. The van der Waals surface area contributed by atoms with Gasteiger partial charge in [0.25, 0.3) is 0 Å². The average molecular weight is 272 g/mol. The van der Waals surface area contributed by atoms with Crippen molar-refractivity contribution in [1.82, 2.24) is 0 Å². The van der Waals surface area contributed by atoms with Crippen molar-refractivity contribution < 1.29 is 0 Å². The van der Waals surface area contributed by atoms with Gasteiger partial charge in [-0.1, -0.05) is 41.9 Å². The third-order valence-electron chi connectivity index (χ3n) is 3.82. The quantitative estimate of drug-likeness (QED) is 0.798. The summed E-state index contributed by atoms with van der Waals surface area (Å²) in [7, 11) is 0. The fourth-order valence-corrected chi connectivity index (χ4v) is 3.12. The second-order valence-electron chi connectivity index (χ2n) is 5.27. The zero-order valence-corrected chi connectivity index (χ0v) is 11.9. The number of fused-ring (bicyclic) bond motifs is 1. The molecule has 1 nitrogen and oxygen atoms in total. The summed E-state index contributed by atoms with van der Waals surface area (Å²) < 4.78 is 0. The highest BCUT2D eigenvalue weighted by molar-refractivity contribution is 6.33. The third-order valence-corrected chi connectivity index (χ3v) is 4.14. The molecule has 0 radical (unpaired) electrons. The summed E-state index contributed by atoms with van der Waals surface area (Å²) in [6.07, 6.45) is 3.59. The van der Waals surface area contributed by atoms with E-state index < -0.39 is 0 Å². The fourth-order valence-electron chi connectivity index (χ4n) is 2.83. The van der Waals surface area contributed by atoms with E-state index in [0.717, 1.165) is 10.7 Å². The molecule has 0 heterocycles. The maximum Gasteiger partial charge on any atom is 0.0640 e. The summed E-state index contributed by atoms with van der Waals surface area (Å²) in [6, 6.07) is 15.3. The zero-order valence-electron chi connectivity index (χ0n) is 11.1. The molecule has 0 aromatic heterocycles. The summed E-state index contributed by atoms with van der Waals surface area (Å²) in [5, 5.41) is 4.41. The minimum absolute atomic E-state index is 0.380. The Hall–Kier alpha value is -1.47. The molecule has 98 valence electrons. The van der Waals surface area contributed by atoms with Crippen LogP contribution < -0.4 is 5.32 Å². The van der Waals surface area contributed by atoms with Crippen molar-refractivity contribution >= 4 is 17.3 Å². The Morgan fingerprint density at radius 1 is 1.16 bits per heavy atom. The third kappa shape index (κ3) is 2.62. The molecule has 0 bridgehead atoms. The first-order chi connectivity index (χ1) is 9.24. The number of anilines is 1. The second kappa shape index (κ2) is 5.26. The molecule has 3 rings (SSSR count). The molecule has 0 saturated heterocycles. The number of hydrogen-bond acceptors (Lipinski definition) is 1. The van der Waals surface area contributed by atoms with Crippen molar-refractivity contribution in [3.05, 3.63) is 64.2 Å². The van der Waals surface area contributed by atoms with Crippen LogP contribution in [0.4, 0.5) is 5.69 Å². The van der Waals surface area contributed by atoms with Gasteiger partial charge < -0.3 is 5.32 Å². The van der Waals surface area contributed by atoms with E-state index >= 15 is 0 Å². The highest BCUT2D eigenvalue weighted by atomic mass is 35.5. The van der Waals surface area contributed by atoms with E-state index in [1.54, 1.807) is 0 Å². The number of hydrogen-bond donors (Lipinski definition) is 1. The van der Waals surface area contributed by atoms with Crippen LogP contribution in [0.5, 0.6) is 0 Å². The molecule has 2 aromatic rings. The first kappa shape index (κ1) is 12.6. The second-order valence-corrected chi connectivity index (χ2v) is 5.68. The molecular weight excluding hydrogens is 254 g/mol. The van der Waals surface area contributed by atoms with Gasteiger partial charge in [0.05, 0.1) is 16.8 Å². The normalized spacial score (nSPS) is 17.9. The molecule has 2 aromatic carbocycles. The van der Waals surface area contributed by atoms with E-state index in [1.165, 1.54) is 36.0 Å². The number of halogens is 1. The van der Waals surface area contributed by atoms with E-state index in [-0.39, 0.29) is 0 Å². The van der Waals surface area contributed by atoms with Crippen LogP contribution in [-0.2, 0) is 6.42 Å². The summed E-state index contributed by atoms with van der Waals surface area (Å²) in [6.45, 7) is 2.06. The largest absolute Gasteiger partial charge is 0.377 e. The van der Waals surface area contributed by atoms with Crippen molar-refractivity contribution in [3.8, 4) is 0 Å². The van der Waals surface area contributed by atoms with Gasteiger partial charge in [0.15, 0.2) is 0 Å². The van der Waals surface area contributed by atoms with Gasteiger partial charge in [-0.15, -0.1) is 0 Å². The molecular formula is C17H18ClN. The van der Waals surface area contributed by atoms with E-state index in [9.17, 15) is 0 Å². The molecule has 19 heavy (non-hydrogen) atoms. The van der Waals surface area contributed by atoms with Crippen LogP contribution in [0.3, 0.4) is 0 Å². The molecule has 0 fully saturated rings. The van der Waals surface area contributed by atoms with Crippen molar-refractivity contribution in [2.45, 2.75) is 32.2 Å².